The Morgan fingerprint density at radius 2 is 1.61 bits per heavy atom. The summed E-state index contributed by atoms with van der Waals surface area (Å²) in [6.07, 6.45) is 0.621. The Labute approximate surface area is 166 Å². The van der Waals surface area contributed by atoms with Crippen LogP contribution in [0.5, 0.6) is 0 Å². The summed E-state index contributed by atoms with van der Waals surface area (Å²) in [6, 6.07) is 14.9. The molecule has 2 aromatic rings. The van der Waals surface area contributed by atoms with Gasteiger partial charge in [-0.25, -0.2) is 4.39 Å². The molecule has 0 aliphatic rings. The molecule has 0 aromatic heterocycles. The van der Waals surface area contributed by atoms with Gasteiger partial charge >= 0.3 is 0 Å². The van der Waals surface area contributed by atoms with Crippen LogP contribution in [0.15, 0.2) is 54.6 Å². The number of hydrogen-bond donors (Lipinski definition) is 1. The first-order valence-electron chi connectivity index (χ1n) is 9.59. The Morgan fingerprint density at radius 3 is 2.14 bits per heavy atom. The number of nitrogens with zero attached hydrogens (tertiary/aromatic N) is 1. The van der Waals surface area contributed by atoms with Crippen LogP contribution in [-0.4, -0.2) is 28.3 Å². The third-order valence-electron chi connectivity index (χ3n) is 4.35. The fraction of sp³-hybridized carbons (Fsp3) is 0.391. The van der Waals surface area contributed by atoms with Gasteiger partial charge in [0.2, 0.25) is 11.8 Å². The normalized spacial score (nSPS) is 12.3. The Hall–Kier alpha value is -2.69. The van der Waals surface area contributed by atoms with Gasteiger partial charge in [-0.3, -0.25) is 9.59 Å². The molecule has 2 amide bonds. The van der Waals surface area contributed by atoms with Crippen molar-refractivity contribution >= 4 is 11.8 Å². The first-order valence-corrected chi connectivity index (χ1v) is 9.59. The molecule has 1 N–H and O–H groups in total. The van der Waals surface area contributed by atoms with Gasteiger partial charge in [-0.1, -0.05) is 49.4 Å². The first kappa shape index (κ1) is 21.6. The van der Waals surface area contributed by atoms with Crippen molar-refractivity contribution in [3.8, 4) is 0 Å². The van der Waals surface area contributed by atoms with Gasteiger partial charge in [0.05, 0.1) is 6.42 Å². The van der Waals surface area contributed by atoms with Gasteiger partial charge in [0.1, 0.15) is 11.9 Å². The highest BCUT2D eigenvalue weighted by atomic mass is 19.1. The average molecular weight is 384 g/mol. The molecular formula is C23H29FN2O2. The second kappa shape index (κ2) is 9.49. The van der Waals surface area contributed by atoms with Crippen LogP contribution in [-0.2, 0) is 22.6 Å². The molecular weight excluding hydrogens is 355 g/mol. The van der Waals surface area contributed by atoms with Gasteiger partial charge in [0.25, 0.3) is 0 Å². The fourth-order valence-corrected chi connectivity index (χ4v) is 3.03. The molecule has 0 unspecified atom stereocenters. The van der Waals surface area contributed by atoms with Crippen LogP contribution in [0.4, 0.5) is 4.39 Å². The second-order valence-corrected chi connectivity index (χ2v) is 7.97. The zero-order valence-corrected chi connectivity index (χ0v) is 17.0. The Balaban J connectivity index is 2.27. The van der Waals surface area contributed by atoms with Crippen molar-refractivity contribution in [2.75, 3.05) is 0 Å². The van der Waals surface area contributed by atoms with Crippen molar-refractivity contribution in [2.24, 2.45) is 0 Å². The van der Waals surface area contributed by atoms with Gasteiger partial charge < -0.3 is 10.2 Å². The Kier molecular flexibility index (Phi) is 7.32. The molecule has 0 saturated heterocycles. The zero-order valence-electron chi connectivity index (χ0n) is 17.0. The molecule has 150 valence electrons. The predicted molar refractivity (Wildman–Crippen MR) is 109 cm³/mol. The number of hydrogen-bond acceptors (Lipinski definition) is 2. The van der Waals surface area contributed by atoms with Gasteiger partial charge in [-0.15, -0.1) is 0 Å². The van der Waals surface area contributed by atoms with E-state index in [0.29, 0.717) is 13.0 Å². The summed E-state index contributed by atoms with van der Waals surface area (Å²) >= 11 is 0. The minimum absolute atomic E-state index is 0.117. The van der Waals surface area contributed by atoms with E-state index in [0.717, 1.165) is 11.1 Å². The van der Waals surface area contributed by atoms with Crippen molar-refractivity contribution in [1.82, 2.24) is 10.2 Å². The maximum atomic E-state index is 13.2. The molecule has 2 aromatic carbocycles. The lowest BCUT2D eigenvalue weighted by Crippen LogP contribution is -2.53. The van der Waals surface area contributed by atoms with Crippen LogP contribution in [0.3, 0.4) is 0 Å². The van der Waals surface area contributed by atoms with Gasteiger partial charge in [0.15, 0.2) is 0 Å². The summed E-state index contributed by atoms with van der Waals surface area (Å²) in [7, 11) is 0. The summed E-state index contributed by atoms with van der Waals surface area (Å²) in [5.74, 6) is -0.668. The molecule has 1 atom stereocenters. The number of amides is 2. The van der Waals surface area contributed by atoms with E-state index in [9.17, 15) is 14.0 Å². The summed E-state index contributed by atoms with van der Waals surface area (Å²) in [4.78, 5) is 27.6. The van der Waals surface area contributed by atoms with Crippen molar-refractivity contribution in [2.45, 2.75) is 58.7 Å². The number of rotatable bonds is 7. The topological polar surface area (TPSA) is 49.4 Å². The average Bonchev–Trinajstić information content (AvgIpc) is 2.63. The van der Waals surface area contributed by atoms with Crippen molar-refractivity contribution in [3.63, 3.8) is 0 Å². The summed E-state index contributed by atoms with van der Waals surface area (Å²) in [6.45, 7) is 7.99. The van der Waals surface area contributed by atoms with E-state index >= 15 is 0 Å². The predicted octanol–water partition coefficient (Wildman–Crippen LogP) is 4.09. The number of halogens is 1. The molecule has 5 heteroatoms. The molecule has 0 saturated carbocycles. The summed E-state index contributed by atoms with van der Waals surface area (Å²) in [5, 5.41) is 2.98. The molecule has 0 heterocycles. The van der Waals surface area contributed by atoms with Crippen LogP contribution < -0.4 is 5.32 Å². The van der Waals surface area contributed by atoms with Crippen LogP contribution in [0.25, 0.3) is 0 Å². The lowest BCUT2D eigenvalue weighted by atomic mass is 10.0. The number of nitrogens with one attached hydrogen (secondary N) is 1. The lowest BCUT2D eigenvalue weighted by molar-refractivity contribution is -0.141. The molecule has 0 aliphatic carbocycles. The summed E-state index contributed by atoms with van der Waals surface area (Å²) < 4.78 is 13.2. The minimum atomic E-state index is -0.577. The van der Waals surface area contributed by atoms with E-state index < -0.39 is 6.04 Å². The van der Waals surface area contributed by atoms with E-state index in [4.69, 9.17) is 0 Å². The number of carbonyl (C=O) groups excluding carboxylic acids is 2. The van der Waals surface area contributed by atoms with Crippen LogP contribution >= 0.6 is 0 Å². The molecule has 0 fully saturated rings. The van der Waals surface area contributed by atoms with Crippen molar-refractivity contribution in [3.05, 3.63) is 71.5 Å². The smallest absolute Gasteiger partial charge is 0.243 e. The third-order valence-corrected chi connectivity index (χ3v) is 4.35. The van der Waals surface area contributed by atoms with Gasteiger partial charge in [-0.2, -0.15) is 0 Å². The number of benzene rings is 2. The van der Waals surface area contributed by atoms with Crippen molar-refractivity contribution < 1.29 is 14.0 Å². The lowest BCUT2D eigenvalue weighted by Gasteiger charge is -2.33. The van der Waals surface area contributed by atoms with Gasteiger partial charge in [-0.05, 0) is 50.5 Å². The first-order chi connectivity index (χ1) is 13.2. The molecule has 2 rings (SSSR count). The standard InChI is InChI=1S/C23H29FN2O2/c1-5-20(22(28)25-23(2,3)4)26(16-18-9-7-6-8-10-18)21(27)15-17-11-13-19(24)14-12-17/h6-14,20H,5,15-16H2,1-4H3,(H,25,28)/t20-/m0/s1. The highest BCUT2D eigenvalue weighted by Gasteiger charge is 2.30. The molecule has 0 bridgehead atoms. The zero-order chi connectivity index (χ0) is 20.7. The van der Waals surface area contributed by atoms with E-state index in [1.807, 2.05) is 58.0 Å². The highest BCUT2D eigenvalue weighted by molar-refractivity contribution is 5.88. The highest BCUT2D eigenvalue weighted by Crippen LogP contribution is 2.16. The van der Waals surface area contributed by atoms with Crippen LogP contribution in [0.2, 0.25) is 0 Å². The SMILES string of the molecule is CC[C@@H](C(=O)NC(C)(C)C)N(Cc1ccccc1)C(=O)Cc1ccc(F)cc1. The Morgan fingerprint density at radius 1 is 1.00 bits per heavy atom. The van der Waals surface area contributed by atoms with Crippen molar-refractivity contribution in [1.29, 1.82) is 0 Å². The third kappa shape index (κ3) is 6.48. The molecule has 4 nitrogen and oxygen atoms in total. The van der Waals surface area contributed by atoms with E-state index in [1.54, 1.807) is 17.0 Å². The monoisotopic (exact) mass is 384 g/mol. The van der Waals surface area contributed by atoms with Crippen LogP contribution in [0.1, 0.15) is 45.2 Å². The largest absolute Gasteiger partial charge is 0.350 e. The maximum absolute atomic E-state index is 13.2. The quantitative estimate of drug-likeness (QED) is 0.782. The molecule has 28 heavy (non-hydrogen) atoms. The van der Waals surface area contributed by atoms with E-state index in [-0.39, 0.29) is 29.6 Å². The molecule has 0 spiro atoms. The number of carbonyl (C=O) groups is 2. The van der Waals surface area contributed by atoms with E-state index in [2.05, 4.69) is 5.32 Å². The molecule has 0 aliphatic heterocycles. The fourth-order valence-electron chi connectivity index (χ4n) is 3.03. The summed E-state index contributed by atoms with van der Waals surface area (Å²) in [5.41, 5.74) is 1.29. The van der Waals surface area contributed by atoms with Crippen LogP contribution in [0, 0.1) is 5.82 Å². The van der Waals surface area contributed by atoms with E-state index in [1.165, 1.54) is 12.1 Å². The second-order valence-electron chi connectivity index (χ2n) is 7.97. The minimum Gasteiger partial charge on any atom is -0.350 e. The van der Waals surface area contributed by atoms with Gasteiger partial charge in [0, 0.05) is 12.1 Å². The maximum Gasteiger partial charge on any atom is 0.243 e. The molecule has 0 radical (unpaired) electrons. The Bertz CT molecular complexity index is 782.